The quantitative estimate of drug-likeness (QED) is 0.869. The lowest BCUT2D eigenvalue weighted by atomic mass is 10.0. The minimum absolute atomic E-state index is 0.307. The smallest absolute Gasteiger partial charge is 0.306 e. The van der Waals surface area contributed by atoms with Crippen LogP contribution in [0.2, 0.25) is 0 Å². The van der Waals surface area contributed by atoms with E-state index < -0.39 is 5.97 Å². The molecule has 1 N–H and O–H groups in total. The Kier molecular flexibility index (Phi) is 3.71. The molecule has 70 valence electrons. The third-order valence-corrected chi connectivity index (χ3v) is 2.52. The number of benzene rings is 1. The first-order chi connectivity index (χ1) is 6.09. The summed E-state index contributed by atoms with van der Waals surface area (Å²) < 4.78 is 1.15. The van der Waals surface area contributed by atoms with Gasteiger partial charge >= 0.3 is 5.97 Å². The third-order valence-electron chi connectivity index (χ3n) is 1.85. The van der Waals surface area contributed by atoms with E-state index in [2.05, 4.69) is 22.6 Å². The van der Waals surface area contributed by atoms with Crippen LogP contribution >= 0.6 is 22.6 Å². The van der Waals surface area contributed by atoms with Gasteiger partial charge in [-0.15, -0.1) is 0 Å². The number of halogens is 1. The lowest BCUT2D eigenvalue weighted by Gasteiger charge is -2.05. The van der Waals surface area contributed by atoms with E-state index in [1.807, 2.05) is 24.3 Å². The van der Waals surface area contributed by atoms with E-state index in [4.69, 9.17) is 5.11 Å². The first-order valence-electron chi connectivity index (χ1n) is 4.07. The van der Waals surface area contributed by atoms with E-state index >= 15 is 0 Å². The Balaban J connectivity index is 2.69. The van der Waals surface area contributed by atoms with Gasteiger partial charge in [0.05, 0.1) is 5.92 Å². The summed E-state index contributed by atoms with van der Waals surface area (Å²) in [6.07, 6.45) is 0.603. The van der Waals surface area contributed by atoms with E-state index in [0.717, 1.165) is 9.13 Å². The minimum Gasteiger partial charge on any atom is -0.481 e. The van der Waals surface area contributed by atoms with Crippen LogP contribution in [0.15, 0.2) is 24.3 Å². The zero-order valence-corrected chi connectivity index (χ0v) is 9.48. The highest BCUT2D eigenvalue weighted by atomic mass is 127. The molecule has 1 aromatic carbocycles. The van der Waals surface area contributed by atoms with Crippen LogP contribution in [0.1, 0.15) is 12.5 Å². The number of aliphatic carboxylic acids is 1. The van der Waals surface area contributed by atoms with Gasteiger partial charge in [0.15, 0.2) is 0 Å². The van der Waals surface area contributed by atoms with Crippen LogP contribution in [-0.4, -0.2) is 11.1 Å². The molecule has 0 spiro atoms. The summed E-state index contributed by atoms with van der Waals surface area (Å²) in [5, 5.41) is 8.71. The summed E-state index contributed by atoms with van der Waals surface area (Å²) >= 11 is 2.22. The van der Waals surface area contributed by atoms with Crippen molar-refractivity contribution in [2.24, 2.45) is 5.92 Å². The van der Waals surface area contributed by atoms with E-state index in [1.54, 1.807) is 6.92 Å². The molecule has 0 aliphatic rings. The second kappa shape index (κ2) is 4.60. The van der Waals surface area contributed by atoms with Crippen LogP contribution in [0.4, 0.5) is 0 Å². The highest BCUT2D eigenvalue weighted by molar-refractivity contribution is 14.1. The molecule has 0 bridgehead atoms. The van der Waals surface area contributed by atoms with Gasteiger partial charge in [0, 0.05) is 3.57 Å². The predicted octanol–water partition coefficient (Wildman–Crippen LogP) is 2.55. The molecular weight excluding hydrogens is 279 g/mol. The Morgan fingerprint density at radius 1 is 1.62 bits per heavy atom. The molecule has 1 aromatic rings. The number of carbonyl (C=O) groups is 1. The van der Waals surface area contributed by atoms with Crippen LogP contribution in [0.3, 0.4) is 0 Å². The zero-order chi connectivity index (χ0) is 9.84. The van der Waals surface area contributed by atoms with Crippen molar-refractivity contribution in [2.45, 2.75) is 13.3 Å². The molecule has 1 atom stereocenters. The Bertz CT molecular complexity index is 310. The average molecular weight is 290 g/mol. The molecule has 2 nitrogen and oxygen atoms in total. The number of rotatable bonds is 3. The summed E-state index contributed by atoms with van der Waals surface area (Å²) in [7, 11) is 0. The van der Waals surface area contributed by atoms with Gasteiger partial charge in [-0.05, 0) is 46.7 Å². The van der Waals surface area contributed by atoms with E-state index in [-0.39, 0.29) is 5.92 Å². The van der Waals surface area contributed by atoms with Crippen molar-refractivity contribution < 1.29 is 9.90 Å². The molecular formula is C10H11IO2. The summed E-state index contributed by atoms with van der Waals surface area (Å²) in [6, 6.07) is 7.92. The van der Waals surface area contributed by atoms with Crippen molar-refractivity contribution in [1.82, 2.24) is 0 Å². The molecule has 1 unspecified atom stereocenters. The standard InChI is InChI=1S/C10H11IO2/c1-7(10(12)13)5-8-3-2-4-9(11)6-8/h2-4,6-7H,5H2,1H3,(H,12,13). The Hall–Kier alpha value is -0.580. The second-order valence-electron chi connectivity index (χ2n) is 3.07. The van der Waals surface area contributed by atoms with E-state index in [9.17, 15) is 4.79 Å². The van der Waals surface area contributed by atoms with Gasteiger partial charge in [-0.25, -0.2) is 0 Å². The van der Waals surface area contributed by atoms with Crippen molar-refractivity contribution >= 4 is 28.6 Å². The fourth-order valence-corrected chi connectivity index (χ4v) is 1.71. The van der Waals surface area contributed by atoms with Gasteiger partial charge in [0.1, 0.15) is 0 Å². The zero-order valence-electron chi connectivity index (χ0n) is 7.33. The number of hydrogen-bond donors (Lipinski definition) is 1. The molecule has 0 aliphatic carbocycles. The largest absolute Gasteiger partial charge is 0.481 e. The summed E-state index contributed by atoms with van der Waals surface area (Å²) in [4.78, 5) is 10.6. The van der Waals surface area contributed by atoms with Gasteiger partial charge in [-0.3, -0.25) is 4.79 Å². The molecule has 0 aromatic heterocycles. The highest BCUT2D eigenvalue weighted by Gasteiger charge is 2.11. The Labute approximate surface area is 91.1 Å². The van der Waals surface area contributed by atoms with Crippen molar-refractivity contribution in [3.63, 3.8) is 0 Å². The fraction of sp³-hybridized carbons (Fsp3) is 0.300. The number of carboxylic acids is 1. The second-order valence-corrected chi connectivity index (χ2v) is 4.32. The lowest BCUT2D eigenvalue weighted by molar-refractivity contribution is -0.141. The minimum atomic E-state index is -0.737. The maximum Gasteiger partial charge on any atom is 0.306 e. The third kappa shape index (κ3) is 3.34. The van der Waals surface area contributed by atoms with Crippen LogP contribution in [-0.2, 0) is 11.2 Å². The average Bonchev–Trinajstić information content (AvgIpc) is 2.04. The monoisotopic (exact) mass is 290 g/mol. The van der Waals surface area contributed by atoms with Gasteiger partial charge < -0.3 is 5.11 Å². The molecule has 0 fully saturated rings. The van der Waals surface area contributed by atoms with E-state index in [1.165, 1.54) is 0 Å². The SMILES string of the molecule is CC(Cc1cccc(I)c1)C(=O)O. The molecule has 3 heteroatoms. The highest BCUT2D eigenvalue weighted by Crippen LogP contribution is 2.12. The van der Waals surface area contributed by atoms with Crippen molar-refractivity contribution in [3.8, 4) is 0 Å². The Morgan fingerprint density at radius 2 is 2.31 bits per heavy atom. The van der Waals surface area contributed by atoms with Crippen molar-refractivity contribution in [2.75, 3.05) is 0 Å². The van der Waals surface area contributed by atoms with Crippen molar-refractivity contribution in [3.05, 3.63) is 33.4 Å². The van der Waals surface area contributed by atoms with Crippen molar-refractivity contribution in [1.29, 1.82) is 0 Å². The lowest BCUT2D eigenvalue weighted by Crippen LogP contribution is -2.12. The number of hydrogen-bond acceptors (Lipinski definition) is 1. The fourth-order valence-electron chi connectivity index (χ4n) is 1.10. The molecule has 0 heterocycles. The normalized spacial score (nSPS) is 12.5. The molecule has 0 radical (unpaired) electrons. The van der Waals surface area contributed by atoms with Crippen LogP contribution in [0.25, 0.3) is 0 Å². The van der Waals surface area contributed by atoms with Gasteiger partial charge in [0.25, 0.3) is 0 Å². The summed E-state index contributed by atoms with van der Waals surface area (Å²) in [5.74, 6) is -1.04. The first kappa shape index (κ1) is 10.5. The summed E-state index contributed by atoms with van der Waals surface area (Å²) in [6.45, 7) is 1.72. The Morgan fingerprint density at radius 3 is 2.85 bits per heavy atom. The van der Waals surface area contributed by atoms with Crippen LogP contribution < -0.4 is 0 Å². The number of carboxylic acid groups (broad SMARTS) is 1. The van der Waals surface area contributed by atoms with Gasteiger partial charge in [-0.1, -0.05) is 19.1 Å². The molecule has 13 heavy (non-hydrogen) atoms. The maximum absolute atomic E-state index is 10.6. The molecule has 0 saturated carbocycles. The van der Waals surface area contributed by atoms with Gasteiger partial charge in [0.2, 0.25) is 0 Å². The molecule has 0 saturated heterocycles. The topological polar surface area (TPSA) is 37.3 Å². The predicted molar refractivity (Wildman–Crippen MR) is 59.7 cm³/mol. The molecule has 1 rings (SSSR count). The molecule has 0 aliphatic heterocycles. The maximum atomic E-state index is 10.6. The molecule has 0 amide bonds. The van der Waals surface area contributed by atoms with Crippen LogP contribution in [0.5, 0.6) is 0 Å². The van der Waals surface area contributed by atoms with Gasteiger partial charge in [-0.2, -0.15) is 0 Å². The first-order valence-corrected chi connectivity index (χ1v) is 5.14. The summed E-state index contributed by atoms with van der Waals surface area (Å²) in [5.41, 5.74) is 1.09. The van der Waals surface area contributed by atoms with E-state index in [0.29, 0.717) is 6.42 Å². The van der Waals surface area contributed by atoms with Crippen LogP contribution in [0, 0.1) is 9.49 Å².